The molecule has 0 bridgehead atoms. The van der Waals surface area contributed by atoms with E-state index in [9.17, 15) is 0 Å². The molecular formula is C27H34ClN3. The minimum absolute atomic E-state index is 0.368. The van der Waals surface area contributed by atoms with Crippen LogP contribution in [0.25, 0.3) is 5.57 Å². The van der Waals surface area contributed by atoms with Crippen molar-refractivity contribution in [3.05, 3.63) is 87.7 Å². The molecule has 4 rings (SSSR count). The van der Waals surface area contributed by atoms with Crippen molar-refractivity contribution in [1.82, 2.24) is 15.1 Å². The fourth-order valence-electron chi connectivity index (χ4n) is 4.87. The molecule has 0 aromatic heterocycles. The van der Waals surface area contributed by atoms with Gasteiger partial charge in [0.2, 0.25) is 0 Å². The number of aryl methyl sites for hydroxylation is 2. The standard InChI is InChI=1S/C27H34ClN3/c1-5-31-12-10-22(11-13-31)24-7-6-23-8-9-27(26(23)17-24)30(4)20(3)29-18-21-14-19(2)15-25(28)16-21/h6-7,10,14-17,27,29H,3,5,8-9,11-13,18H2,1-2,4H3. The van der Waals surface area contributed by atoms with Crippen LogP contribution >= 0.6 is 11.6 Å². The molecule has 2 aromatic carbocycles. The fraction of sp³-hybridized carbons (Fsp3) is 0.407. The van der Waals surface area contributed by atoms with Gasteiger partial charge in [0.25, 0.3) is 0 Å². The van der Waals surface area contributed by atoms with Crippen molar-refractivity contribution in [2.45, 2.75) is 45.7 Å². The molecule has 1 atom stereocenters. The van der Waals surface area contributed by atoms with Crippen LogP contribution in [0.5, 0.6) is 0 Å². The van der Waals surface area contributed by atoms with Crippen LogP contribution < -0.4 is 5.32 Å². The number of fused-ring (bicyclic) bond motifs is 1. The Morgan fingerprint density at radius 2 is 2.06 bits per heavy atom. The topological polar surface area (TPSA) is 18.5 Å². The second kappa shape index (κ2) is 9.50. The van der Waals surface area contributed by atoms with Crippen LogP contribution in [-0.2, 0) is 13.0 Å². The van der Waals surface area contributed by atoms with Crippen molar-refractivity contribution in [3.8, 4) is 0 Å². The number of likely N-dealkylation sites (N-methyl/N-ethyl adjacent to an activating group) is 1. The lowest BCUT2D eigenvalue weighted by Gasteiger charge is -2.30. The second-order valence-corrected chi connectivity index (χ2v) is 9.33. The fourth-order valence-corrected chi connectivity index (χ4v) is 5.19. The summed E-state index contributed by atoms with van der Waals surface area (Å²) in [6.07, 6.45) is 5.82. The summed E-state index contributed by atoms with van der Waals surface area (Å²) in [6.45, 7) is 12.7. The van der Waals surface area contributed by atoms with Crippen molar-refractivity contribution in [2.75, 3.05) is 26.7 Å². The first-order chi connectivity index (χ1) is 14.9. The van der Waals surface area contributed by atoms with Gasteiger partial charge in [0, 0.05) is 31.7 Å². The Morgan fingerprint density at radius 1 is 1.23 bits per heavy atom. The van der Waals surface area contributed by atoms with Gasteiger partial charge < -0.3 is 10.2 Å². The first kappa shape index (κ1) is 22.0. The quantitative estimate of drug-likeness (QED) is 0.580. The summed E-state index contributed by atoms with van der Waals surface area (Å²) in [5, 5.41) is 4.29. The van der Waals surface area contributed by atoms with E-state index >= 15 is 0 Å². The minimum atomic E-state index is 0.368. The van der Waals surface area contributed by atoms with Gasteiger partial charge in [-0.15, -0.1) is 0 Å². The largest absolute Gasteiger partial charge is 0.368 e. The molecule has 2 aliphatic rings. The maximum Gasteiger partial charge on any atom is 0.0944 e. The van der Waals surface area contributed by atoms with Gasteiger partial charge in [-0.2, -0.15) is 0 Å². The number of halogens is 1. The van der Waals surface area contributed by atoms with Gasteiger partial charge in [-0.3, -0.25) is 4.90 Å². The molecule has 1 unspecified atom stereocenters. The molecule has 31 heavy (non-hydrogen) atoms. The molecule has 1 heterocycles. The molecule has 2 aromatic rings. The zero-order valence-electron chi connectivity index (χ0n) is 19.0. The monoisotopic (exact) mass is 435 g/mol. The predicted octanol–water partition coefficient (Wildman–Crippen LogP) is 5.94. The van der Waals surface area contributed by atoms with Gasteiger partial charge in [0.05, 0.1) is 11.9 Å². The van der Waals surface area contributed by atoms with E-state index in [1.54, 1.807) is 0 Å². The maximum absolute atomic E-state index is 6.22. The Hall–Kier alpha value is -2.23. The molecule has 0 saturated heterocycles. The molecule has 0 spiro atoms. The molecule has 1 aliphatic heterocycles. The summed E-state index contributed by atoms with van der Waals surface area (Å²) in [5.74, 6) is 0.955. The average molecular weight is 436 g/mol. The van der Waals surface area contributed by atoms with Crippen molar-refractivity contribution >= 4 is 17.2 Å². The van der Waals surface area contributed by atoms with E-state index in [-0.39, 0.29) is 0 Å². The van der Waals surface area contributed by atoms with Crippen LogP contribution in [0, 0.1) is 6.92 Å². The van der Waals surface area contributed by atoms with Crippen LogP contribution in [0.3, 0.4) is 0 Å². The van der Waals surface area contributed by atoms with Crippen LogP contribution in [-0.4, -0.2) is 36.5 Å². The molecule has 3 nitrogen and oxygen atoms in total. The van der Waals surface area contributed by atoms with Crippen molar-refractivity contribution in [2.24, 2.45) is 0 Å². The predicted molar refractivity (Wildman–Crippen MR) is 132 cm³/mol. The van der Waals surface area contributed by atoms with E-state index in [0.717, 1.165) is 56.3 Å². The highest BCUT2D eigenvalue weighted by molar-refractivity contribution is 6.30. The van der Waals surface area contributed by atoms with Gasteiger partial charge in [0.1, 0.15) is 0 Å². The first-order valence-electron chi connectivity index (χ1n) is 11.4. The highest BCUT2D eigenvalue weighted by Crippen LogP contribution is 2.38. The summed E-state index contributed by atoms with van der Waals surface area (Å²) in [6, 6.07) is 13.6. The van der Waals surface area contributed by atoms with Gasteiger partial charge in [-0.1, -0.05) is 49.4 Å². The Morgan fingerprint density at radius 3 is 2.77 bits per heavy atom. The third-order valence-electron chi connectivity index (χ3n) is 6.79. The molecule has 0 radical (unpaired) electrons. The summed E-state index contributed by atoms with van der Waals surface area (Å²) in [5.41, 5.74) is 8.18. The normalized spacial score (nSPS) is 18.5. The highest BCUT2D eigenvalue weighted by Gasteiger charge is 2.27. The van der Waals surface area contributed by atoms with E-state index in [0.29, 0.717) is 6.04 Å². The number of rotatable bonds is 7. The van der Waals surface area contributed by atoms with Crippen molar-refractivity contribution in [1.29, 1.82) is 0 Å². The number of benzene rings is 2. The molecule has 1 aliphatic carbocycles. The summed E-state index contributed by atoms with van der Waals surface area (Å²) >= 11 is 6.22. The lowest BCUT2D eigenvalue weighted by Crippen LogP contribution is -2.30. The molecule has 1 N–H and O–H groups in total. The average Bonchev–Trinajstić information content (AvgIpc) is 3.19. The second-order valence-electron chi connectivity index (χ2n) is 8.89. The van der Waals surface area contributed by atoms with Gasteiger partial charge in [-0.25, -0.2) is 0 Å². The first-order valence-corrected chi connectivity index (χ1v) is 11.8. The number of hydrogen-bond acceptors (Lipinski definition) is 3. The maximum atomic E-state index is 6.22. The van der Waals surface area contributed by atoms with Crippen LogP contribution in [0.15, 0.2) is 54.9 Å². The lowest BCUT2D eigenvalue weighted by atomic mass is 9.95. The van der Waals surface area contributed by atoms with E-state index in [2.05, 4.69) is 72.9 Å². The van der Waals surface area contributed by atoms with Gasteiger partial charge in [-0.05, 0) is 84.3 Å². The Bertz CT molecular complexity index is 974. The van der Waals surface area contributed by atoms with Crippen molar-refractivity contribution < 1.29 is 0 Å². The lowest BCUT2D eigenvalue weighted by molar-refractivity contribution is 0.287. The SMILES string of the molecule is C=C(NCc1cc(C)cc(Cl)c1)N(C)C1CCc2ccc(C3=CCN(CC)CC3)cc21. The minimum Gasteiger partial charge on any atom is -0.368 e. The number of hydrogen-bond donors (Lipinski definition) is 1. The summed E-state index contributed by atoms with van der Waals surface area (Å²) in [7, 11) is 2.16. The summed E-state index contributed by atoms with van der Waals surface area (Å²) < 4.78 is 0. The van der Waals surface area contributed by atoms with E-state index < -0.39 is 0 Å². The molecule has 4 heteroatoms. The third-order valence-corrected chi connectivity index (χ3v) is 7.01. The van der Waals surface area contributed by atoms with Crippen molar-refractivity contribution in [3.63, 3.8) is 0 Å². The third kappa shape index (κ3) is 4.99. The van der Waals surface area contributed by atoms with E-state index in [1.807, 2.05) is 12.1 Å². The highest BCUT2D eigenvalue weighted by atomic mass is 35.5. The Balaban J connectivity index is 1.45. The number of nitrogens with one attached hydrogen (secondary N) is 1. The number of nitrogens with zero attached hydrogens (tertiary/aromatic N) is 2. The summed E-state index contributed by atoms with van der Waals surface area (Å²) in [4.78, 5) is 4.80. The molecule has 164 valence electrons. The van der Waals surface area contributed by atoms with E-state index in [1.165, 1.54) is 33.4 Å². The van der Waals surface area contributed by atoms with Crippen LogP contribution in [0.2, 0.25) is 5.02 Å². The molecule has 0 amide bonds. The zero-order valence-corrected chi connectivity index (χ0v) is 19.8. The van der Waals surface area contributed by atoms with Gasteiger partial charge >= 0.3 is 0 Å². The molecule has 0 fully saturated rings. The molecule has 0 saturated carbocycles. The van der Waals surface area contributed by atoms with Gasteiger partial charge in [0.15, 0.2) is 0 Å². The van der Waals surface area contributed by atoms with Crippen LogP contribution in [0.1, 0.15) is 53.6 Å². The van der Waals surface area contributed by atoms with E-state index in [4.69, 9.17) is 11.6 Å². The van der Waals surface area contributed by atoms with Crippen LogP contribution in [0.4, 0.5) is 0 Å². The Labute approximate surface area is 192 Å². The zero-order chi connectivity index (χ0) is 22.0. The smallest absolute Gasteiger partial charge is 0.0944 e. The Kier molecular flexibility index (Phi) is 6.74. The molecular weight excluding hydrogens is 402 g/mol.